The molecule has 1 aromatic carbocycles. The first-order valence-electron chi connectivity index (χ1n) is 6.90. The molecule has 2 rings (SSSR count). The third kappa shape index (κ3) is 2.93. The summed E-state index contributed by atoms with van der Waals surface area (Å²) in [6.45, 7) is 3.64. The zero-order chi connectivity index (χ0) is 16.4. The smallest absolute Gasteiger partial charge is 0.495 e. The van der Waals surface area contributed by atoms with Gasteiger partial charge in [-0.25, -0.2) is 4.79 Å². The van der Waals surface area contributed by atoms with Crippen LogP contribution in [-0.4, -0.2) is 42.3 Å². The van der Waals surface area contributed by atoms with E-state index in [0.29, 0.717) is 5.46 Å². The van der Waals surface area contributed by atoms with Crippen LogP contribution < -0.4 is 15.5 Å². The van der Waals surface area contributed by atoms with Gasteiger partial charge in [-0.05, 0) is 17.5 Å². The molecular formula is C14H18BNO6. The van der Waals surface area contributed by atoms with E-state index in [-0.39, 0.29) is 23.8 Å². The number of aliphatic carboxylic acids is 1. The molecule has 1 amide bonds. The molecule has 3 N–H and O–H groups in total. The number of methoxy groups -OCH3 is 1. The fourth-order valence-corrected chi connectivity index (χ4v) is 2.42. The number of benzene rings is 1. The number of rotatable bonds is 5. The second-order valence-electron chi connectivity index (χ2n) is 5.42. The molecule has 0 aliphatic carbocycles. The number of carboxylic acid groups (broad SMARTS) is 1. The molecule has 7 nitrogen and oxygen atoms in total. The molecule has 1 unspecified atom stereocenters. The highest BCUT2D eigenvalue weighted by atomic mass is 16.5. The highest BCUT2D eigenvalue weighted by Gasteiger charge is 2.34. The summed E-state index contributed by atoms with van der Waals surface area (Å²) in [4.78, 5) is 23.6. The van der Waals surface area contributed by atoms with Gasteiger partial charge in [0, 0.05) is 5.46 Å². The Morgan fingerprint density at radius 1 is 1.41 bits per heavy atom. The van der Waals surface area contributed by atoms with Gasteiger partial charge in [-0.3, -0.25) is 4.79 Å². The minimum absolute atomic E-state index is 0.165. The van der Waals surface area contributed by atoms with E-state index in [0.717, 1.165) is 5.56 Å². The van der Waals surface area contributed by atoms with Crippen LogP contribution in [0.4, 0.5) is 0 Å². The molecular weight excluding hydrogens is 289 g/mol. The van der Waals surface area contributed by atoms with Gasteiger partial charge in [-0.15, -0.1) is 0 Å². The van der Waals surface area contributed by atoms with Crippen LogP contribution in [0, 0.1) is 5.92 Å². The lowest BCUT2D eigenvalue weighted by Gasteiger charge is -2.19. The standard InChI is InChI=1S/C14H18BNO6/c1-7(2)11(14(18)19)16-13(17)9-5-4-8-6-22-15(20)10(8)12(9)21-3/h4-5,7,11,20H,6H2,1-3H3,(H,16,17)(H,18,19). The van der Waals surface area contributed by atoms with E-state index in [1.165, 1.54) is 13.2 Å². The van der Waals surface area contributed by atoms with Crippen LogP contribution in [0.25, 0.3) is 0 Å². The van der Waals surface area contributed by atoms with Crippen LogP contribution in [0.15, 0.2) is 12.1 Å². The molecule has 1 atom stereocenters. The van der Waals surface area contributed by atoms with Gasteiger partial charge >= 0.3 is 13.1 Å². The lowest BCUT2D eigenvalue weighted by molar-refractivity contribution is -0.140. The number of hydrogen-bond donors (Lipinski definition) is 3. The van der Waals surface area contributed by atoms with Crippen molar-refractivity contribution in [1.82, 2.24) is 5.32 Å². The predicted octanol–water partition coefficient (Wildman–Crippen LogP) is -0.248. The molecule has 118 valence electrons. The van der Waals surface area contributed by atoms with Crippen LogP contribution in [0.5, 0.6) is 5.75 Å². The van der Waals surface area contributed by atoms with Gasteiger partial charge in [0.15, 0.2) is 0 Å². The third-order valence-electron chi connectivity index (χ3n) is 3.60. The second kappa shape index (κ2) is 6.37. The summed E-state index contributed by atoms with van der Waals surface area (Å²) in [6, 6.07) is 2.19. The maximum atomic E-state index is 12.4. The molecule has 1 aromatic rings. The second-order valence-corrected chi connectivity index (χ2v) is 5.42. The van der Waals surface area contributed by atoms with Gasteiger partial charge in [-0.1, -0.05) is 19.9 Å². The van der Waals surface area contributed by atoms with Gasteiger partial charge in [0.05, 0.1) is 19.3 Å². The summed E-state index contributed by atoms with van der Waals surface area (Å²) in [5.74, 6) is -1.74. The van der Waals surface area contributed by atoms with Crippen LogP contribution in [0.3, 0.4) is 0 Å². The monoisotopic (exact) mass is 307 g/mol. The number of hydrogen-bond acceptors (Lipinski definition) is 5. The average molecular weight is 307 g/mol. The number of carbonyl (C=O) groups is 2. The highest BCUT2D eigenvalue weighted by molar-refractivity contribution is 6.63. The Balaban J connectivity index is 2.35. The Bertz CT molecular complexity index is 603. The zero-order valence-corrected chi connectivity index (χ0v) is 12.6. The predicted molar refractivity (Wildman–Crippen MR) is 79.1 cm³/mol. The van der Waals surface area contributed by atoms with Crippen molar-refractivity contribution in [3.63, 3.8) is 0 Å². The molecule has 0 spiro atoms. The Morgan fingerprint density at radius 3 is 2.64 bits per heavy atom. The maximum absolute atomic E-state index is 12.4. The average Bonchev–Trinajstić information content (AvgIpc) is 2.84. The normalized spacial score (nSPS) is 14.7. The number of carbonyl (C=O) groups excluding carboxylic acids is 1. The fraction of sp³-hybridized carbons (Fsp3) is 0.429. The molecule has 1 aliphatic heterocycles. The van der Waals surface area contributed by atoms with Crippen molar-refractivity contribution < 1.29 is 29.1 Å². The molecule has 0 saturated carbocycles. The van der Waals surface area contributed by atoms with Crippen LogP contribution >= 0.6 is 0 Å². The lowest BCUT2D eigenvalue weighted by Crippen LogP contribution is -2.44. The van der Waals surface area contributed by atoms with E-state index in [1.807, 2.05) is 0 Å². The molecule has 1 aliphatic rings. The van der Waals surface area contributed by atoms with Gasteiger partial charge in [-0.2, -0.15) is 0 Å². The maximum Gasteiger partial charge on any atom is 0.495 e. The van der Waals surface area contributed by atoms with E-state index in [2.05, 4.69) is 5.32 Å². The van der Waals surface area contributed by atoms with Crippen molar-refractivity contribution >= 4 is 24.5 Å². The van der Waals surface area contributed by atoms with Crippen LogP contribution in [0.2, 0.25) is 0 Å². The highest BCUT2D eigenvalue weighted by Crippen LogP contribution is 2.23. The zero-order valence-electron chi connectivity index (χ0n) is 12.6. The van der Waals surface area contributed by atoms with Gasteiger partial charge < -0.3 is 24.8 Å². The molecule has 0 saturated heterocycles. The Kier molecular flexibility index (Phi) is 4.73. The van der Waals surface area contributed by atoms with E-state index in [4.69, 9.17) is 14.5 Å². The van der Waals surface area contributed by atoms with Gasteiger partial charge in [0.2, 0.25) is 0 Å². The number of carboxylic acids is 1. The van der Waals surface area contributed by atoms with E-state index in [1.54, 1.807) is 19.9 Å². The molecule has 0 fully saturated rings. The number of fused-ring (bicyclic) bond motifs is 1. The van der Waals surface area contributed by atoms with Crippen molar-refractivity contribution in [3.8, 4) is 5.75 Å². The summed E-state index contributed by atoms with van der Waals surface area (Å²) in [6.07, 6.45) is 0. The lowest BCUT2D eigenvalue weighted by atomic mass is 9.77. The summed E-state index contributed by atoms with van der Waals surface area (Å²) in [5, 5.41) is 21.5. The van der Waals surface area contributed by atoms with Crippen molar-refractivity contribution in [2.24, 2.45) is 5.92 Å². The molecule has 0 aromatic heterocycles. The summed E-state index contributed by atoms with van der Waals surface area (Å²) < 4.78 is 10.3. The summed E-state index contributed by atoms with van der Waals surface area (Å²) in [7, 11) is 0.229. The quantitative estimate of drug-likeness (QED) is 0.648. The largest absolute Gasteiger partial charge is 0.496 e. The Hall–Kier alpha value is -2.06. The van der Waals surface area contributed by atoms with Crippen molar-refractivity contribution in [3.05, 3.63) is 23.3 Å². The topological polar surface area (TPSA) is 105 Å². The Labute approximate surface area is 128 Å². The number of amides is 1. The van der Waals surface area contributed by atoms with Crippen molar-refractivity contribution in [1.29, 1.82) is 0 Å². The first kappa shape index (κ1) is 16.3. The molecule has 1 heterocycles. The minimum Gasteiger partial charge on any atom is -0.496 e. The van der Waals surface area contributed by atoms with E-state index >= 15 is 0 Å². The van der Waals surface area contributed by atoms with Crippen LogP contribution in [0.1, 0.15) is 29.8 Å². The molecule has 0 radical (unpaired) electrons. The van der Waals surface area contributed by atoms with Crippen molar-refractivity contribution in [2.45, 2.75) is 26.5 Å². The van der Waals surface area contributed by atoms with Gasteiger partial charge in [0.25, 0.3) is 5.91 Å². The number of nitrogens with one attached hydrogen (secondary N) is 1. The number of ether oxygens (including phenoxy) is 1. The van der Waals surface area contributed by atoms with E-state index < -0.39 is 25.0 Å². The third-order valence-corrected chi connectivity index (χ3v) is 3.60. The first-order chi connectivity index (χ1) is 10.4. The van der Waals surface area contributed by atoms with Crippen molar-refractivity contribution in [2.75, 3.05) is 7.11 Å². The Morgan fingerprint density at radius 2 is 2.09 bits per heavy atom. The SMILES string of the molecule is COc1c(C(=O)NC(C(=O)O)C(C)C)ccc2c1B(O)OC2. The molecule has 0 bridgehead atoms. The van der Waals surface area contributed by atoms with E-state index in [9.17, 15) is 14.6 Å². The minimum atomic E-state index is -1.15. The first-order valence-corrected chi connectivity index (χ1v) is 6.90. The van der Waals surface area contributed by atoms with Crippen LogP contribution in [-0.2, 0) is 16.1 Å². The van der Waals surface area contributed by atoms with Gasteiger partial charge in [0.1, 0.15) is 11.8 Å². The summed E-state index contributed by atoms with van der Waals surface area (Å²) in [5.41, 5.74) is 1.31. The molecule has 8 heteroatoms. The fourth-order valence-electron chi connectivity index (χ4n) is 2.42. The molecule has 22 heavy (non-hydrogen) atoms. The summed E-state index contributed by atoms with van der Waals surface area (Å²) >= 11 is 0.